The maximum Gasteiger partial charge on any atom is 0.271 e. The number of nitrogens with zero attached hydrogens (tertiary/aromatic N) is 2. The van der Waals surface area contributed by atoms with Crippen LogP contribution in [0.15, 0.2) is 88.4 Å². The van der Waals surface area contributed by atoms with Crippen molar-refractivity contribution in [3.05, 3.63) is 96.3 Å². The number of aromatic nitrogens is 2. The molecule has 0 aliphatic rings. The van der Waals surface area contributed by atoms with Crippen LogP contribution in [0.1, 0.15) is 25.3 Å². The van der Waals surface area contributed by atoms with E-state index in [4.69, 9.17) is 9.26 Å². The van der Waals surface area contributed by atoms with E-state index < -0.39 is 20.5 Å². The van der Waals surface area contributed by atoms with Crippen molar-refractivity contribution in [2.45, 2.75) is 25.2 Å². The third kappa shape index (κ3) is 5.41. The second-order valence-electron chi connectivity index (χ2n) is 7.52. The smallest absolute Gasteiger partial charge is 0.271 e. The summed E-state index contributed by atoms with van der Waals surface area (Å²) in [6.45, 7) is 4.45. The van der Waals surface area contributed by atoms with Crippen LogP contribution in [0.2, 0.25) is 0 Å². The maximum atomic E-state index is 14.5. The molecule has 0 amide bonds. The molecule has 0 saturated carbocycles. The first-order valence-corrected chi connectivity index (χ1v) is 12.5. The van der Waals surface area contributed by atoms with Gasteiger partial charge in [0.1, 0.15) is 16.5 Å². The number of sulfone groups is 1. The van der Waals surface area contributed by atoms with E-state index >= 15 is 0 Å². The summed E-state index contributed by atoms with van der Waals surface area (Å²) in [5.74, 6) is -0.280. The zero-order chi connectivity index (χ0) is 24.8. The fraction of sp³-hybridized carbons (Fsp3) is 0.154. The number of halogens is 1. The molecule has 1 heterocycles. The SMILES string of the molecule is CCOc1ccc(-c2noc(C(=CNc3ccc(CC)cc3)S(=O)(=O)c3ccccc3F)n2)cc1. The first-order chi connectivity index (χ1) is 16.9. The normalized spacial score (nSPS) is 11.9. The minimum absolute atomic E-state index is 0.185. The Balaban J connectivity index is 1.73. The highest BCUT2D eigenvalue weighted by atomic mass is 32.2. The topological polar surface area (TPSA) is 94.3 Å². The Bertz CT molecular complexity index is 1430. The highest BCUT2D eigenvalue weighted by molar-refractivity contribution is 8.00. The first kappa shape index (κ1) is 24.2. The monoisotopic (exact) mass is 493 g/mol. The molecule has 35 heavy (non-hydrogen) atoms. The molecule has 0 aliphatic heterocycles. The number of anilines is 1. The average Bonchev–Trinajstić information content (AvgIpc) is 3.35. The van der Waals surface area contributed by atoms with Crippen molar-refractivity contribution in [1.82, 2.24) is 10.1 Å². The summed E-state index contributed by atoms with van der Waals surface area (Å²) in [7, 11) is -4.34. The van der Waals surface area contributed by atoms with Gasteiger partial charge in [-0.3, -0.25) is 0 Å². The number of hydrogen-bond donors (Lipinski definition) is 1. The molecule has 0 saturated heterocycles. The van der Waals surface area contributed by atoms with Crippen molar-refractivity contribution in [2.75, 3.05) is 11.9 Å². The van der Waals surface area contributed by atoms with E-state index in [2.05, 4.69) is 15.5 Å². The van der Waals surface area contributed by atoms with Crippen LogP contribution in [-0.2, 0) is 16.3 Å². The molecule has 0 bridgehead atoms. The minimum atomic E-state index is -4.34. The Morgan fingerprint density at radius 2 is 1.74 bits per heavy atom. The number of hydrogen-bond acceptors (Lipinski definition) is 7. The van der Waals surface area contributed by atoms with Gasteiger partial charge in [-0.1, -0.05) is 36.3 Å². The standard InChI is InChI=1S/C26H24FN3O4S/c1-3-18-9-13-20(14-10-18)28-17-24(35(31,32)23-8-6-5-7-22(23)27)26-29-25(30-34-26)19-11-15-21(16-12-19)33-4-2/h5-17,28H,3-4H2,1-2H3. The van der Waals surface area contributed by atoms with Gasteiger partial charge in [-0.05, 0) is 67.4 Å². The van der Waals surface area contributed by atoms with Crippen LogP contribution < -0.4 is 10.1 Å². The van der Waals surface area contributed by atoms with Gasteiger partial charge in [0.25, 0.3) is 5.89 Å². The highest BCUT2D eigenvalue weighted by Gasteiger charge is 2.30. The fourth-order valence-corrected chi connectivity index (χ4v) is 4.67. The molecule has 3 aromatic carbocycles. The highest BCUT2D eigenvalue weighted by Crippen LogP contribution is 2.30. The molecule has 9 heteroatoms. The summed E-state index contributed by atoms with van der Waals surface area (Å²) in [4.78, 5) is 3.44. The summed E-state index contributed by atoms with van der Waals surface area (Å²) >= 11 is 0. The van der Waals surface area contributed by atoms with E-state index in [-0.39, 0.29) is 16.6 Å². The summed E-state index contributed by atoms with van der Waals surface area (Å²) < 4.78 is 52.1. The van der Waals surface area contributed by atoms with E-state index in [1.54, 1.807) is 24.3 Å². The van der Waals surface area contributed by atoms with Gasteiger partial charge in [-0.25, -0.2) is 12.8 Å². The third-order valence-electron chi connectivity index (χ3n) is 5.21. The van der Waals surface area contributed by atoms with Gasteiger partial charge in [0.2, 0.25) is 15.7 Å². The lowest BCUT2D eigenvalue weighted by atomic mass is 10.1. The molecule has 0 atom stereocenters. The molecule has 0 spiro atoms. The molecule has 0 unspecified atom stereocenters. The molecule has 0 fully saturated rings. The lowest BCUT2D eigenvalue weighted by Gasteiger charge is -2.08. The number of benzene rings is 3. The fourth-order valence-electron chi connectivity index (χ4n) is 3.33. The van der Waals surface area contributed by atoms with Crippen molar-refractivity contribution in [1.29, 1.82) is 0 Å². The molecule has 4 rings (SSSR count). The van der Waals surface area contributed by atoms with Crippen molar-refractivity contribution in [3.63, 3.8) is 0 Å². The van der Waals surface area contributed by atoms with E-state index in [0.29, 0.717) is 23.6 Å². The second kappa shape index (κ2) is 10.5. The van der Waals surface area contributed by atoms with Gasteiger partial charge < -0.3 is 14.6 Å². The van der Waals surface area contributed by atoms with Crippen molar-refractivity contribution < 1.29 is 22.1 Å². The second-order valence-corrected chi connectivity index (χ2v) is 9.40. The number of aryl methyl sites for hydroxylation is 1. The van der Waals surface area contributed by atoms with Gasteiger partial charge in [0.15, 0.2) is 4.91 Å². The first-order valence-electron chi connectivity index (χ1n) is 11.0. The zero-order valence-electron chi connectivity index (χ0n) is 19.2. The molecule has 1 aromatic heterocycles. The molecule has 0 radical (unpaired) electrons. The predicted octanol–water partition coefficient (Wildman–Crippen LogP) is 5.72. The molecule has 0 aliphatic carbocycles. The van der Waals surface area contributed by atoms with Crippen LogP contribution in [0.3, 0.4) is 0 Å². The van der Waals surface area contributed by atoms with Crippen LogP contribution in [0.4, 0.5) is 10.1 Å². The van der Waals surface area contributed by atoms with E-state index in [1.165, 1.54) is 24.4 Å². The van der Waals surface area contributed by atoms with Crippen molar-refractivity contribution >= 4 is 20.4 Å². The van der Waals surface area contributed by atoms with Crippen molar-refractivity contribution in [2.24, 2.45) is 0 Å². The molecular formula is C26H24FN3O4S. The average molecular weight is 494 g/mol. The minimum Gasteiger partial charge on any atom is -0.494 e. The molecule has 4 aromatic rings. The predicted molar refractivity (Wildman–Crippen MR) is 132 cm³/mol. The molecular weight excluding hydrogens is 469 g/mol. The van der Waals surface area contributed by atoms with Gasteiger partial charge in [0, 0.05) is 17.5 Å². The van der Waals surface area contributed by atoms with Crippen LogP contribution in [0.5, 0.6) is 5.75 Å². The third-order valence-corrected chi connectivity index (χ3v) is 6.99. The molecule has 180 valence electrons. The van der Waals surface area contributed by atoms with E-state index in [0.717, 1.165) is 18.1 Å². The number of nitrogens with one attached hydrogen (secondary N) is 1. The Kier molecular flexibility index (Phi) is 7.26. The van der Waals surface area contributed by atoms with Gasteiger partial charge in [-0.2, -0.15) is 4.98 Å². The Morgan fingerprint density at radius 3 is 2.40 bits per heavy atom. The molecule has 7 nitrogen and oxygen atoms in total. The van der Waals surface area contributed by atoms with Crippen LogP contribution in [0, 0.1) is 5.82 Å². The van der Waals surface area contributed by atoms with Crippen molar-refractivity contribution in [3.8, 4) is 17.1 Å². The largest absolute Gasteiger partial charge is 0.494 e. The number of rotatable bonds is 9. The quantitative estimate of drug-likeness (QED) is 0.319. The lowest BCUT2D eigenvalue weighted by Crippen LogP contribution is -2.08. The Morgan fingerprint density at radius 1 is 1.03 bits per heavy atom. The van der Waals surface area contributed by atoms with E-state index in [9.17, 15) is 12.8 Å². The Labute approximate surface area is 203 Å². The van der Waals surface area contributed by atoms with Gasteiger partial charge in [0.05, 0.1) is 6.61 Å². The summed E-state index contributed by atoms with van der Waals surface area (Å²) in [5, 5.41) is 6.89. The molecule has 1 N–H and O–H groups in total. The van der Waals surface area contributed by atoms with Gasteiger partial charge in [-0.15, -0.1) is 0 Å². The summed E-state index contributed by atoms with van der Waals surface area (Å²) in [5.41, 5.74) is 2.39. The van der Waals surface area contributed by atoms with Crippen LogP contribution in [0.25, 0.3) is 16.3 Å². The van der Waals surface area contributed by atoms with Gasteiger partial charge >= 0.3 is 0 Å². The Hall–Kier alpha value is -3.98. The van der Waals surface area contributed by atoms with Crippen LogP contribution in [-0.4, -0.2) is 25.2 Å². The lowest BCUT2D eigenvalue weighted by molar-refractivity contribution is 0.340. The summed E-state index contributed by atoms with van der Waals surface area (Å²) in [6.07, 6.45) is 2.11. The summed E-state index contributed by atoms with van der Waals surface area (Å²) in [6, 6.07) is 19.6. The number of ether oxygens (including phenoxy) is 1. The maximum absolute atomic E-state index is 14.5. The zero-order valence-corrected chi connectivity index (χ0v) is 20.0. The van der Waals surface area contributed by atoms with Crippen LogP contribution >= 0.6 is 0 Å². The van der Waals surface area contributed by atoms with E-state index in [1.807, 2.05) is 38.1 Å².